The minimum atomic E-state index is -0.968. The molecule has 1 saturated carbocycles. The van der Waals surface area contributed by atoms with Crippen LogP contribution in [-0.4, -0.2) is 29.9 Å². The van der Waals surface area contributed by atoms with Gasteiger partial charge in [0.25, 0.3) is 0 Å². The first-order valence-corrected chi connectivity index (χ1v) is 7.14. The highest BCUT2D eigenvalue weighted by Gasteiger charge is 2.06. The van der Waals surface area contributed by atoms with Crippen LogP contribution in [0.5, 0.6) is 0 Å². The minimum absolute atomic E-state index is 0.278. The van der Waals surface area contributed by atoms with Crippen LogP contribution in [0.25, 0.3) is 0 Å². The fourth-order valence-corrected chi connectivity index (χ4v) is 2.02. The summed E-state index contributed by atoms with van der Waals surface area (Å²) in [6.07, 6.45) is 7.51. The Morgan fingerprint density at radius 2 is 2.00 bits per heavy atom. The zero-order valence-electron chi connectivity index (χ0n) is 11.0. The van der Waals surface area contributed by atoms with Gasteiger partial charge in [-0.05, 0) is 24.3 Å². The molecule has 0 atom stereocenters. The number of hydrogen-bond donors (Lipinski definition) is 3. The Morgan fingerprint density at radius 1 is 1.42 bits per heavy atom. The van der Waals surface area contributed by atoms with Gasteiger partial charge in [0.2, 0.25) is 0 Å². The molecule has 1 aliphatic rings. The highest BCUT2D eigenvalue weighted by molar-refractivity contribution is 7.11. The largest absolute Gasteiger partial charge is 0.480 e. The summed E-state index contributed by atoms with van der Waals surface area (Å²) >= 11 is 1.45. The Kier molecular flexibility index (Phi) is 11.1. The summed E-state index contributed by atoms with van der Waals surface area (Å²) in [6.45, 7) is -0.278. The van der Waals surface area contributed by atoms with Gasteiger partial charge < -0.3 is 16.6 Å². The van der Waals surface area contributed by atoms with Gasteiger partial charge in [0.1, 0.15) is 0 Å². The van der Waals surface area contributed by atoms with Crippen molar-refractivity contribution in [2.45, 2.75) is 38.1 Å². The van der Waals surface area contributed by atoms with E-state index in [1.54, 1.807) is 6.07 Å². The Balaban J connectivity index is 0.000000261. The van der Waals surface area contributed by atoms with Gasteiger partial charge >= 0.3 is 5.97 Å². The average Bonchev–Trinajstić information content (AvgIpc) is 2.94. The summed E-state index contributed by atoms with van der Waals surface area (Å²) in [6, 6.07) is 4.18. The van der Waals surface area contributed by atoms with Gasteiger partial charge in [-0.25, -0.2) is 0 Å². The molecule has 0 bridgehead atoms. The molecule has 1 fully saturated rings. The Bertz CT molecular complexity index is 336. The van der Waals surface area contributed by atoms with E-state index in [1.165, 1.54) is 43.4 Å². The maximum atomic E-state index is 9.88. The van der Waals surface area contributed by atoms with Crippen molar-refractivity contribution in [2.75, 3.05) is 6.54 Å². The molecule has 108 valence electrons. The number of aldehydes is 1. The summed E-state index contributed by atoms with van der Waals surface area (Å²) < 4.78 is 0. The zero-order valence-corrected chi connectivity index (χ0v) is 11.8. The molecule has 1 aromatic heterocycles. The van der Waals surface area contributed by atoms with E-state index >= 15 is 0 Å². The SMILES string of the molecule is NC1CCCCC1.NCC(=O)O.O=Cc1cccs1. The number of thiophene rings is 1. The summed E-state index contributed by atoms with van der Waals surface area (Å²) in [7, 11) is 0. The van der Waals surface area contributed by atoms with Crippen LogP contribution in [0.15, 0.2) is 17.5 Å². The number of nitrogens with two attached hydrogens (primary N) is 2. The number of carbonyl (C=O) groups is 2. The van der Waals surface area contributed by atoms with Gasteiger partial charge in [0, 0.05) is 6.04 Å². The third kappa shape index (κ3) is 11.6. The van der Waals surface area contributed by atoms with Gasteiger partial charge in [-0.15, -0.1) is 11.3 Å². The fraction of sp³-hybridized carbons (Fsp3) is 0.538. The van der Waals surface area contributed by atoms with Crippen LogP contribution < -0.4 is 11.5 Å². The summed E-state index contributed by atoms with van der Waals surface area (Å²) in [5.41, 5.74) is 10.2. The molecule has 2 rings (SSSR count). The van der Waals surface area contributed by atoms with Crippen LogP contribution in [-0.2, 0) is 4.79 Å². The van der Waals surface area contributed by atoms with Crippen molar-refractivity contribution < 1.29 is 14.7 Å². The maximum absolute atomic E-state index is 9.88. The van der Waals surface area contributed by atoms with Gasteiger partial charge in [0.05, 0.1) is 11.4 Å². The predicted octanol–water partition coefficient (Wildman–Crippen LogP) is 1.87. The molecule has 5 nitrogen and oxygen atoms in total. The van der Waals surface area contributed by atoms with Crippen molar-refractivity contribution >= 4 is 23.6 Å². The average molecular weight is 286 g/mol. The lowest BCUT2D eigenvalue weighted by atomic mass is 9.97. The molecule has 1 aromatic rings. The molecular weight excluding hydrogens is 264 g/mol. The minimum Gasteiger partial charge on any atom is -0.480 e. The molecule has 0 aromatic carbocycles. The lowest BCUT2D eigenvalue weighted by Crippen LogP contribution is -2.22. The molecule has 0 spiro atoms. The first kappa shape index (κ1) is 17.8. The Hall–Kier alpha value is -1.24. The van der Waals surface area contributed by atoms with Crippen LogP contribution in [0, 0.1) is 0 Å². The Morgan fingerprint density at radius 3 is 2.21 bits per heavy atom. The molecule has 0 unspecified atom stereocenters. The predicted molar refractivity (Wildman–Crippen MR) is 77.5 cm³/mol. The van der Waals surface area contributed by atoms with Crippen molar-refractivity contribution in [3.05, 3.63) is 22.4 Å². The van der Waals surface area contributed by atoms with E-state index in [-0.39, 0.29) is 6.54 Å². The van der Waals surface area contributed by atoms with E-state index in [9.17, 15) is 9.59 Å². The van der Waals surface area contributed by atoms with Crippen LogP contribution in [0.3, 0.4) is 0 Å². The number of carbonyl (C=O) groups excluding carboxylic acids is 1. The fourth-order valence-electron chi connectivity index (χ4n) is 1.49. The monoisotopic (exact) mass is 286 g/mol. The highest BCUT2D eigenvalue weighted by Crippen LogP contribution is 2.14. The zero-order chi connectivity index (χ0) is 14.5. The molecule has 5 N–H and O–H groups in total. The van der Waals surface area contributed by atoms with E-state index < -0.39 is 5.97 Å². The van der Waals surface area contributed by atoms with E-state index in [0.717, 1.165) is 11.2 Å². The topological polar surface area (TPSA) is 106 Å². The lowest BCUT2D eigenvalue weighted by Gasteiger charge is -2.15. The summed E-state index contributed by atoms with van der Waals surface area (Å²) in [5, 5.41) is 9.48. The molecule has 0 aliphatic heterocycles. The first-order chi connectivity index (χ1) is 9.10. The first-order valence-electron chi connectivity index (χ1n) is 6.26. The normalized spacial score (nSPS) is 14.4. The third-order valence-corrected chi connectivity index (χ3v) is 3.28. The molecule has 1 aliphatic carbocycles. The smallest absolute Gasteiger partial charge is 0.317 e. The van der Waals surface area contributed by atoms with Crippen LogP contribution in [0.4, 0.5) is 0 Å². The van der Waals surface area contributed by atoms with E-state index in [1.807, 2.05) is 11.4 Å². The number of rotatable bonds is 2. The van der Waals surface area contributed by atoms with Crippen LogP contribution in [0.1, 0.15) is 41.8 Å². The van der Waals surface area contributed by atoms with Gasteiger partial charge in [-0.3, -0.25) is 9.59 Å². The quantitative estimate of drug-likeness (QED) is 0.719. The van der Waals surface area contributed by atoms with Crippen LogP contribution >= 0.6 is 11.3 Å². The number of carboxylic acid groups (broad SMARTS) is 1. The standard InChI is InChI=1S/C6H13N.C5H4OS.C2H5NO2/c7-6-4-2-1-3-5-6;6-4-5-2-1-3-7-5;3-1-2(4)5/h6H,1-5,7H2;1-4H;1,3H2,(H,4,5). The van der Waals surface area contributed by atoms with Gasteiger partial charge in [-0.1, -0.05) is 25.3 Å². The van der Waals surface area contributed by atoms with E-state index in [0.29, 0.717) is 6.04 Å². The van der Waals surface area contributed by atoms with Crippen molar-refractivity contribution in [2.24, 2.45) is 11.5 Å². The van der Waals surface area contributed by atoms with Gasteiger partial charge in [-0.2, -0.15) is 0 Å². The number of hydrogen-bond acceptors (Lipinski definition) is 5. The van der Waals surface area contributed by atoms with E-state index in [4.69, 9.17) is 10.8 Å². The molecular formula is C13H22N2O3S. The molecule has 1 heterocycles. The molecule has 19 heavy (non-hydrogen) atoms. The van der Waals surface area contributed by atoms with Gasteiger partial charge in [0.15, 0.2) is 6.29 Å². The summed E-state index contributed by atoms with van der Waals surface area (Å²) in [5.74, 6) is -0.968. The van der Waals surface area contributed by atoms with Crippen molar-refractivity contribution in [3.63, 3.8) is 0 Å². The Labute approximate surface area is 117 Å². The molecule has 6 heteroatoms. The molecule has 0 saturated heterocycles. The second kappa shape index (κ2) is 11.8. The second-order valence-electron chi connectivity index (χ2n) is 4.13. The second-order valence-corrected chi connectivity index (χ2v) is 5.11. The lowest BCUT2D eigenvalue weighted by molar-refractivity contribution is -0.135. The summed E-state index contributed by atoms with van der Waals surface area (Å²) in [4.78, 5) is 19.9. The van der Waals surface area contributed by atoms with E-state index in [2.05, 4.69) is 5.73 Å². The molecule has 0 amide bonds. The number of aliphatic carboxylic acids is 1. The number of carboxylic acids is 1. The van der Waals surface area contributed by atoms with Crippen LogP contribution in [0.2, 0.25) is 0 Å². The third-order valence-electron chi connectivity index (χ3n) is 2.48. The van der Waals surface area contributed by atoms with Crippen molar-refractivity contribution in [3.8, 4) is 0 Å². The maximum Gasteiger partial charge on any atom is 0.317 e. The van der Waals surface area contributed by atoms with Crippen molar-refractivity contribution in [1.29, 1.82) is 0 Å². The van der Waals surface area contributed by atoms with Crippen molar-refractivity contribution in [1.82, 2.24) is 0 Å². The highest BCUT2D eigenvalue weighted by atomic mass is 32.1. The molecule has 0 radical (unpaired) electrons.